The zero-order chi connectivity index (χ0) is 26.3. The van der Waals surface area contributed by atoms with Crippen molar-refractivity contribution in [2.45, 2.75) is 46.5 Å². The molecule has 0 saturated heterocycles. The third-order valence-electron chi connectivity index (χ3n) is 4.48. The van der Waals surface area contributed by atoms with Gasteiger partial charge in [-0.1, -0.05) is 50.9 Å². The number of halogens is 2. The van der Waals surface area contributed by atoms with Crippen LogP contribution in [0.5, 0.6) is 11.6 Å². The smallest absolute Gasteiger partial charge is 0.414 e. The maximum absolute atomic E-state index is 12.3. The van der Waals surface area contributed by atoms with Gasteiger partial charge in [0.2, 0.25) is 11.6 Å². The minimum atomic E-state index is -1.05. The summed E-state index contributed by atoms with van der Waals surface area (Å²) >= 11 is 12.7. The lowest BCUT2D eigenvalue weighted by molar-refractivity contribution is -0.114. The zero-order valence-corrected chi connectivity index (χ0v) is 21.2. The highest BCUT2D eigenvalue weighted by atomic mass is 35.5. The van der Waals surface area contributed by atoms with E-state index in [0.29, 0.717) is 11.1 Å². The number of hydrogen-bond acceptors (Lipinski definition) is 9. The van der Waals surface area contributed by atoms with Gasteiger partial charge in [-0.25, -0.2) is 9.89 Å². The van der Waals surface area contributed by atoms with Gasteiger partial charge in [-0.3, -0.25) is 20.3 Å². The number of H-pyrrole nitrogens is 1. The second kappa shape index (κ2) is 12.2. The van der Waals surface area contributed by atoms with E-state index in [1.807, 2.05) is 33.0 Å². The third-order valence-corrected chi connectivity index (χ3v) is 5.05. The number of nitrogens with zero attached hydrogens (tertiary/aromatic N) is 3. The largest absolute Gasteiger partial charge is 0.450 e. The lowest BCUT2D eigenvalue weighted by Gasteiger charge is -2.19. The van der Waals surface area contributed by atoms with Crippen LogP contribution in [0, 0.1) is 11.3 Å². The molecule has 0 spiro atoms. The summed E-state index contributed by atoms with van der Waals surface area (Å²) in [6, 6.07) is 4.36. The van der Waals surface area contributed by atoms with Gasteiger partial charge in [0.1, 0.15) is 6.07 Å². The highest BCUT2D eigenvalue weighted by Gasteiger charge is 2.23. The fourth-order valence-electron chi connectivity index (χ4n) is 3.05. The van der Waals surface area contributed by atoms with Gasteiger partial charge in [0.25, 0.3) is 11.5 Å². The normalized spacial score (nSPS) is 11.3. The van der Waals surface area contributed by atoms with E-state index in [1.54, 1.807) is 13.0 Å². The van der Waals surface area contributed by atoms with Crippen LogP contribution < -0.4 is 21.0 Å². The van der Waals surface area contributed by atoms with Crippen LogP contribution in [0.25, 0.3) is 0 Å². The molecule has 11 nitrogen and oxygen atoms in total. The zero-order valence-electron chi connectivity index (χ0n) is 19.7. The van der Waals surface area contributed by atoms with Gasteiger partial charge in [0.05, 0.1) is 22.3 Å². The molecule has 2 amide bonds. The van der Waals surface area contributed by atoms with Crippen molar-refractivity contribution in [3.63, 3.8) is 0 Å². The Labute approximate surface area is 211 Å². The first kappa shape index (κ1) is 27.6. The first-order valence-corrected chi connectivity index (χ1v) is 11.3. The molecule has 13 heteroatoms. The van der Waals surface area contributed by atoms with Crippen molar-refractivity contribution in [1.29, 1.82) is 5.26 Å². The van der Waals surface area contributed by atoms with Gasteiger partial charge >= 0.3 is 6.09 Å². The maximum atomic E-state index is 12.3. The lowest BCUT2D eigenvalue weighted by atomic mass is 9.93. The summed E-state index contributed by atoms with van der Waals surface area (Å²) in [4.78, 5) is 35.6. The Morgan fingerprint density at radius 3 is 2.29 bits per heavy atom. The third kappa shape index (κ3) is 6.94. The van der Waals surface area contributed by atoms with Crippen molar-refractivity contribution in [2.24, 2.45) is 5.10 Å². The number of nitrogens with one attached hydrogen (secondary N) is 3. The number of aromatic amines is 1. The molecule has 0 aliphatic carbocycles. The minimum Gasteiger partial charge on any atom is -0.450 e. The fourth-order valence-corrected chi connectivity index (χ4v) is 3.62. The number of ether oxygens (including phenoxy) is 2. The summed E-state index contributed by atoms with van der Waals surface area (Å²) in [5.74, 6) is -0.961. The van der Waals surface area contributed by atoms with Crippen LogP contribution in [-0.2, 0) is 9.53 Å². The molecule has 0 unspecified atom stereocenters. The van der Waals surface area contributed by atoms with E-state index in [-0.39, 0.29) is 51.4 Å². The average molecular weight is 523 g/mol. The molecule has 0 saturated carbocycles. The molecule has 0 aliphatic rings. The molecule has 2 rings (SSSR count). The first-order valence-electron chi connectivity index (χ1n) is 10.5. The Hall–Kier alpha value is -3.62. The molecule has 0 fully saturated rings. The van der Waals surface area contributed by atoms with Gasteiger partial charge in [-0.15, -0.1) is 5.10 Å². The van der Waals surface area contributed by atoms with E-state index in [4.69, 9.17) is 33.2 Å². The van der Waals surface area contributed by atoms with Crippen molar-refractivity contribution in [2.75, 3.05) is 12.0 Å². The second-order valence-corrected chi connectivity index (χ2v) is 8.54. The number of rotatable bonds is 8. The number of alkyl carbamates (subject to hydrolysis) is 1. The fraction of sp³-hybridized carbons (Fsp3) is 0.364. The van der Waals surface area contributed by atoms with Crippen LogP contribution in [0.15, 0.2) is 22.0 Å². The van der Waals surface area contributed by atoms with Crippen molar-refractivity contribution in [3.8, 4) is 17.7 Å². The molecule has 0 atom stereocenters. The molecule has 35 heavy (non-hydrogen) atoms. The molecule has 2 aromatic rings. The monoisotopic (exact) mass is 522 g/mol. The van der Waals surface area contributed by atoms with Gasteiger partial charge < -0.3 is 9.47 Å². The summed E-state index contributed by atoms with van der Waals surface area (Å²) in [6.07, 6.45) is -1.01. The summed E-state index contributed by atoms with van der Waals surface area (Å²) in [7, 11) is 0. The molecule has 3 N–H and O–H groups in total. The van der Waals surface area contributed by atoms with Crippen molar-refractivity contribution >= 4 is 46.6 Å². The van der Waals surface area contributed by atoms with E-state index in [0.717, 1.165) is 0 Å². The standard InChI is InChI=1S/C22H24Cl2N6O5/c1-6-34-22(33)26-19(31)15(9-25)28-27-12-7-13(23)18(14(24)8-12)35-21-17(11(4)5)16(10(2)3)20(32)29-30-21/h7-8,10-11,27H,6H2,1-5H3,(H,29,32)(H,26,31,33)/b28-15+. The first-order chi connectivity index (χ1) is 16.5. The molecule has 186 valence electrons. The number of imide groups is 1. The molecule has 1 aromatic carbocycles. The van der Waals surface area contributed by atoms with Gasteiger partial charge in [-0.2, -0.15) is 10.4 Å². The van der Waals surface area contributed by atoms with Crippen molar-refractivity contribution in [3.05, 3.63) is 43.7 Å². The van der Waals surface area contributed by atoms with Gasteiger partial charge in [0, 0.05) is 11.1 Å². The van der Waals surface area contributed by atoms with E-state index in [9.17, 15) is 14.4 Å². The number of amides is 2. The quantitative estimate of drug-likeness (QED) is 0.332. The van der Waals surface area contributed by atoms with Crippen LogP contribution in [0.2, 0.25) is 10.0 Å². The molecular formula is C22H24Cl2N6O5. The number of hydrogen-bond donors (Lipinski definition) is 3. The van der Waals surface area contributed by atoms with Crippen LogP contribution in [0.4, 0.5) is 10.5 Å². The average Bonchev–Trinajstić information content (AvgIpc) is 2.76. The van der Waals surface area contributed by atoms with Crippen LogP contribution in [0.3, 0.4) is 0 Å². The lowest BCUT2D eigenvalue weighted by Crippen LogP contribution is -2.36. The van der Waals surface area contributed by atoms with Crippen molar-refractivity contribution in [1.82, 2.24) is 15.5 Å². The highest BCUT2D eigenvalue weighted by molar-refractivity contribution is 6.47. The van der Waals surface area contributed by atoms with E-state index in [1.165, 1.54) is 12.1 Å². The molecule has 0 radical (unpaired) electrons. The molecule has 1 aromatic heterocycles. The molecule has 0 aliphatic heterocycles. The maximum Gasteiger partial charge on any atom is 0.414 e. The SMILES string of the molecule is CCOC(=O)NC(=O)/C(C#N)=N/Nc1cc(Cl)c(Oc2n[nH]c(=O)c(C(C)C)c2C(C)C)c(Cl)c1. The number of hydrazone groups is 1. The van der Waals surface area contributed by atoms with Crippen LogP contribution >= 0.6 is 23.2 Å². The number of benzene rings is 1. The van der Waals surface area contributed by atoms with Crippen molar-refractivity contribution < 1.29 is 19.1 Å². The summed E-state index contributed by atoms with van der Waals surface area (Å²) in [6.45, 7) is 9.22. The predicted octanol–water partition coefficient (Wildman–Crippen LogP) is 4.68. The Morgan fingerprint density at radius 2 is 1.77 bits per heavy atom. The van der Waals surface area contributed by atoms with Gasteiger partial charge in [0.15, 0.2) is 5.75 Å². The predicted molar refractivity (Wildman–Crippen MR) is 131 cm³/mol. The van der Waals surface area contributed by atoms with E-state index in [2.05, 4.69) is 25.5 Å². The Balaban J connectivity index is 2.34. The molecule has 0 bridgehead atoms. The van der Waals surface area contributed by atoms with Gasteiger partial charge in [-0.05, 0) is 30.9 Å². The summed E-state index contributed by atoms with van der Waals surface area (Å²) in [5, 5.41) is 21.3. The van der Waals surface area contributed by atoms with Crippen LogP contribution in [0.1, 0.15) is 57.6 Å². The Bertz CT molecular complexity index is 1230. The number of nitriles is 1. The van der Waals surface area contributed by atoms with Crippen LogP contribution in [-0.4, -0.2) is 34.5 Å². The summed E-state index contributed by atoms with van der Waals surface area (Å²) in [5.41, 5.74) is 2.96. The Kier molecular flexibility index (Phi) is 9.62. The molecular weight excluding hydrogens is 499 g/mol. The highest BCUT2D eigenvalue weighted by Crippen LogP contribution is 2.40. The topological polar surface area (TPSA) is 159 Å². The second-order valence-electron chi connectivity index (χ2n) is 7.72. The minimum absolute atomic E-state index is 0.0494. The Morgan fingerprint density at radius 1 is 1.17 bits per heavy atom. The summed E-state index contributed by atoms with van der Waals surface area (Å²) < 4.78 is 10.5. The number of anilines is 1. The molecule has 1 heterocycles. The number of carbonyl (C=O) groups is 2. The number of aromatic nitrogens is 2. The number of carbonyl (C=O) groups excluding carboxylic acids is 2. The van der Waals surface area contributed by atoms with E-state index >= 15 is 0 Å². The van der Waals surface area contributed by atoms with E-state index < -0.39 is 17.7 Å².